The highest BCUT2D eigenvalue weighted by Gasteiger charge is 2.29. The van der Waals surface area contributed by atoms with E-state index in [0.29, 0.717) is 21.3 Å². The number of nitrogens with two attached hydrogens (primary N) is 1. The number of carbonyl (C=O) groups is 1. The molecule has 0 saturated carbocycles. The Morgan fingerprint density at radius 1 is 1.38 bits per heavy atom. The third-order valence-corrected chi connectivity index (χ3v) is 2.80. The molecule has 1 unspecified atom stereocenters. The minimum Gasteiger partial charge on any atom is -0.323 e. The fourth-order valence-corrected chi connectivity index (χ4v) is 1.67. The molecule has 0 aromatic heterocycles. The van der Waals surface area contributed by atoms with Gasteiger partial charge in [-0.05, 0) is 6.07 Å². The molecule has 0 spiro atoms. The van der Waals surface area contributed by atoms with E-state index >= 15 is 0 Å². The number of amides is 1. The molecule has 68 valence electrons. The summed E-state index contributed by atoms with van der Waals surface area (Å²) in [5, 5.41) is 3.34. The molecule has 0 radical (unpaired) electrons. The standard InChI is InChI=1S/C8H6Cl2N2O/c9-4-2-1-3-6(11)8(13)12-7(3)5(4)10/h1-2,6H,11H2,(H,12,13). The number of carbonyl (C=O) groups excluding carboxylic acids is 1. The summed E-state index contributed by atoms with van der Waals surface area (Å²) in [6.45, 7) is 0. The average molecular weight is 217 g/mol. The minimum atomic E-state index is -0.634. The number of benzene rings is 1. The van der Waals surface area contributed by atoms with Crippen molar-refractivity contribution in [3.63, 3.8) is 0 Å². The summed E-state index contributed by atoms with van der Waals surface area (Å²) in [4.78, 5) is 11.2. The van der Waals surface area contributed by atoms with Crippen molar-refractivity contribution in [2.45, 2.75) is 6.04 Å². The number of hydrogen-bond acceptors (Lipinski definition) is 2. The van der Waals surface area contributed by atoms with Gasteiger partial charge in [0.05, 0.1) is 15.7 Å². The molecule has 1 aromatic rings. The van der Waals surface area contributed by atoms with Gasteiger partial charge in [0.2, 0.25) is 5.91 Å². The molecule has 0 aliphatic carbocycles. The Hall–Kier alpha value is -0.770. The van der Waals surface area contributed by atoms with E-state index in [2.05, 4.69) is 5.32 Å². The van der Waals surface area contributed by atoms with Gasteiger partial charge in [0.1, 0.15) is 6.04 Å². The van der Waals surface area contributed by atoms with Crippen molar-refractivity contribution in [2.24, 2.45) is 5.73 Å². The second kappa shape index (κ2) is 2.87. The van der Waals surface area contributed by atoms with Crippen molar-refractivity contribution in [3.05, 3.63) is 27.7 Å². The highest BCUT2D eigenvalue weighted by atomic mass is 35.5. The lowest BCUT2D eigenvalue weighted by molar-refractivity contribution is -0.116. The molecule has 1 aliphatic rings. The molecular formula is C8H6Cl2N2O. The Labute approximate surface area is 84.8 Å². The summed E-state index contributed by atoms with van der Waals surface area (Å²) >= 11 is 11.6. The van der Waals surface area contributed by atoms with Crippen LogP contribution in [-0.2, 0) is 4.79 Å². The molecular weight excluding hydrogens is 211 g/mol. The van der Waals surface area contributed by atoms with Gasteiger partial charge < -0.3 is 11.1 Å². The quantitative estimate of drug-likeness (QED) is 0.697. The van der Waals surface area contributed by atoms with Gasteiger partial charge in [-0.15, -0.1) is 0 Å². The molecule has 0 saturated heterocycles. The third kappa shape index (κ3) is 1.20. The van der Waals surface area contributed by atoms with Crippen LogP contribution in [0.1, 0.15) is 11.6 Å². The fraction of sp³-hybridized carbons (Fsp3) is 0.125. The fourth-order valence-electron chi connectivity index (χ4n) is 1.29. The van der Waals surface area contributed by atoms with E-state index in [1.54, 1.807) is 12.1 Å². The van der Waals surface area contributed by atoms with E-state index in [1.807, 2.05) is 0 Å². The Morgan fingerprint density at radius 2 is 2.08 bits per heavy atom. The van der Waals surface area contributed by atoms with Crippen molar-refractivity contribution in [2.75, 3.05) is 5.32 Å². The maximum Gasteiger partial charge on any atom is 0.246 e. The largest absolute Gasteiger partial charge is 0.323 e. The SMILES string of the molecule is NC1C(=O)Nc2c1ccc(Cl)c2Cl. The molecule has 3 N–H and O–H groups in total. The van der Waals surface area contributed by atoms with E-state index in [1.165, 1.54) is 0 Å². The van der Waals surface area contributed by atoms with Crippen LogP contribution >= 0.6 is 23.2 Å². The number of anilines is 1. The van der Waals surface area contributed by atoms with Crippen LogP contribution in [0.25, 0.3) is 0 Å². The molecule has 2 rings (SSSR count). The molecule has 13 heavy (non-hydrogen) atoms. The number of fused-ring (bicyclic) bond motifs is 1. The van der Waals surface area contributed by atoms with Crippen molar-refractivity contribution in [1.82, 2.24) is 0 Å². The first-order valence-electron chi connectivity index (χ1n) is 3.65. The van der Waals surface area contributed by atoms with E-state index in [0.717, 1.165) is 0 Å². The monoisotopic (exact) mass is 216 g/mol. The Morgan fingerprint density at radius 3 is 2.77 bits per heavy atom. The van der Waals surface area contributed by atoms with Gasteiger partial charge in [-0.25, -0.2) is 0 Å². The van der Waals surface area contributed by atoms with Gasteiger partial charge in [-0.3, -0.25) is 4.79 Å². The van der Waals surface area contributed by atoms with Crippen LogP contribution in [0.5, 0.6) is 0 Å². The summed E-state index contributed by atoms with van der Waals surface area (Å²) in [5.41, 5.74) is 6.82. The van der Waals surface area contributed by atoms with Crippen LogP contribution in [0, 0.1) is 0 Å². The first-order valence-corrected chi connectivity index (χ1v) is 4.41. The summed E-state index contributed by atoms with van der Waals surface area (Å²) in [6.07, 6.45) is 0. The molecule has 3 nitrogen and oxygen atoms in total. The molecule has 1 aliphatic heterocycles. The summed E-state index contributed by atoms with van der Waals surface area (Å²) in [5.74, 6) is -0.251. The zero-order valence-electron chi connectivity index (χ0n) is 6.47. The summed E-state index contributed by atoms with van der Waals surface area (Å²) in [7, 11) is 0. The molecule has 0 fully saturated rings. The lowest BCUT2D eigenvalue weighted by Crippen LogP contribution is -2.19. The van der Waals surface area contributed by atoms with Crippen molar-refractivity contribution in [1.29, 1.82) is 0 Å². The second-order valence-electron chi connectivity index (χ2n) is 2.79. The van der Waals surface area contributed by atoms with Crippen LogP contribution in [0.3, 0.4) is 0 Å². The maximum atomic E-state index is 11.2. The van der Waals surface area contributed by atoms with E-state index in [-0.39, 0.29) is 5.91 Å². The highest BCUT2D eigenvalue weighted by molar-refractivity contribution is 6.44. The zero-order valence-corrected chi connectivity index (χ0v) is 7.99. The topological polar surface area (TPSA) is 55.1 Å². The molecule has 1 heterocycles. The Balaban J connectivity index is 2.64. The van der Waals surface area contributed by atoms with Crippen molar-refractivity contribution >= 4 is 34.8 Å². The van der Waals surface area contributed by atoms with Crippen LogP contribution in [0.15, 0.2) is 12.1 Å². The molecule has 1 atom stereocenters. The minimum absolute atomic E-state index is 0.251. The Kier molecular flexibility index (Phi) is 1.95. The van der Waals surface area contributed by atoms with Gasteiger partial charge in [0.15, 0.2) is 0 Å². The summed E-state index contributed by atoms with van der Waals surface area (Å²) in [6, 6.07) is 2.69. The third-order valence-electron chi connectivity index (χ3n) is 1.99. The van der Waals surface area contributed by atoms with Gasteiger partial charge in [0, 0.05) is 5.56 Å². The van der Waals surface area contributed by atoms with Gasteiger partial charge in [-0.1, -0.05) is 29.3 Å². The van der Waals surface area contributed by atoms with Gasteiger partial charge in [-0.2, -0.15) is 0 Å². The first-order chi connectivity index (χ1) is 6.11. The molecule has 0 bridgehead atoms. The molecule has 5 heteroatoms. The maximum absolute atomic E-state index is 11.2. The first kappa shape index (κ1) is 8.81. The average Bonchev–Trinajstić information content (AvgIpc) is 2.38. The molecule has 1 amide bonds. The predicted octanol–water partition coefficient (Wildman–Crippen LogP) is 1.95. The van der Waals surface area contributed by atoms with E-state index in [4.69, 9.17) is 28.9 Å². The number of halogens is 2. The highest BCUT2D eigenvalue weighted by Crippen LogP contribution is 2.39. The lowest BCUT2D eigenvalue weighted by Gasteiger charge is -2.03. The Bertz CT molecular complexity index is 392. The number of rotatable bonds is 0. The van der Waals surface area contributed by atoms with Crippen LogP contribution in [-0.4, -0.2) is 5.91 Å². The number of hydrogen-bond donors (Lipinski definition) is 2. The van der Waals surface area contributed by atoms with Gasteiger partial charge in [0.25, 0.3) is 0 Å². The lowest BCUT2D eigenvalue weighted by atomic mass is 10.1. The van der Waals surface area contributed by atoms with Crippen LogP contribution < -0.4 is 11.1 Å². The number of nitrogens with one attached hydrogen (secondary N) is 1. The van der Waals surface area contributed by atoms with Crippen LogP contribution in [0.2, 0.25) is 10.0 Å². The second-order valence-corrected chi connectivity index (χ2v) is 3.58. The smallest absolute Gasteiger partial charge is 0.246 e. The van der Waals surface area contributed by atoms with Crippen LogP contribution in [0.4, 0.5) is 5.69 Å². The van der Waals surface area contributed by atoms with Gasteiger partial charge >= 0.3 is 0 Å². The van der Waals surface area contributed by atoms with Crippen molar-refractivity contribution in [3.8, 4) is 0 Å². The predicted molar refractivity (Wildman–Crippen MR) is 52.0 cm³/mol. The van der Waals surface area contributed by atoms with E-state index < -0.39 is 6.04 Å². The summed E-state index contributed by atoms with van der Waals surface area (Å²) < 4.78 is 0. The zero-order chi connectivity index (χ0) is 9.59. The normalized spacial score (nSPS) is 19.9. The van der Waals surface area contributed by atoms with Crippen molar-refractivity contribution < 1.29 is 4.79 Å². The molecule has 1 aromatic carbocycles. The van der Waals surface area contributed by atoms with E-state index in [9.17, 15) is 4.79 Å².